The van der Waals surface area contributed by atoms with Crippen LogP contribution in [0, 0.1) is 11.3 Å². The van der Waals surface area contributed by atoms with E-state index in [1.54, 1.807) is 0 Å². The largest absolute Gasteiger partial charge is 0.365 e. The van der Waals surface area contributed by atoms with Gasteiger partial charge in [-0.3, -0.25) is 4.79 Å². The molecule has 0 bridgehead atoms. The first-order valence-electron chi connectivity index (χ1n) is 3.57. The third-order valence-corrected chi connectivity index (χ3v) is 1.10. The number of amides is 1. The van der Waals surface area contributed by atoms with Crippen LogP contribution in [0.4, 0.5) is 0 Å². The van der Waals surface area contributed by atoms with Crippen molar-refractivity contribution in [3.05, 3.63) is 48.6 Å². The highest BCUT2D eigenvalue weighted by Crippen LogP contribution is 1.80. The lowest BCUT2D eigenvalue weighted by molar-refractivity contribution is -0.114. The normalized spacial score (nSPS) is 7.31. The molecule has 0 fully saturated rings. The minimum Gasteiger partial charge on any atom is -0.365 e. The van der Waals surface area contributed by atoms with Gasteiger partial charge in [0.25, 0.3) is 5.91 Å². The van der Waals surface area contributed by atoms with Gasteiger partial charge in [0.15, 0.2) is 0 Å². The van der Waals surface area contributed by atoms with E-state index >= 15 is 0 Å². The summed E-state index contributed by atoms with van der Waals surface area (Å²) in [4.78, 5) is 9.83. The minimum absolute atomic E-state index is 0.208. The predicted octanol–water partition coefficient (Wildman–Crippen LogP) is 1.24. The van der Waals surface area contributed by atoms with Crippen molar-refractivity contribution in [1.29, 1.82) is 5.26 Å². The number of hydrogen-bond acceptors (Lipinski definition) is 2. The molecule has 1 amide bonds. The molecule has 3 heteroatoms. The van der Waals surface area contributed by atoms with Crippen LogP contribution in [0.2, 0.25) is 0 Å². The molecule has 0 aliphatic rings. The number of rotatable bonds is 1. The van der Waals surface area contributed by atoms with Gasteiger partial charge in [0.1, 0.15) is 11.6 Å². The van der Waals surface area contributed by atoms with Gasteiger partial charge in [-0.1, -0.05) is 43.0 Å². The smallest absolute Gasteiger partial charge is 0.258 e. The summed E-state index contributed by atoms with van der Waals surface area (Å²) in [7, 11) is 0. The van der Waals surface area contributed by atoms with Crippen LogP contribution in [0.3, 0.4) is 0 Å². The van der Waals surface area contributed by atoms with Gasteiger partial charge < -0.3 is 5.73 Å². The second kappa shape index (κ2) is 6.62. The molecule has 0 atom stereocenters. The first-order chi connectivity index (χ1) is 6.18. The molecule has 0 saturated heterocycles. The molecule has 0 aliphatic carbocycles. The van der Waals surface area contributed by atoms with Crippen LogP contribution >= 0.6 is 0 Å². The average Bonchev–Trinajstić information content (AvgIpc) is 2.20. The predicted molar refractivity (Wildman–Crippen MR) is 50.4 cm³/mol. The molecule has 0 heterocycles. The van der Waals surface area contributed by atoms with Crippen molar-refractivity contribution in [2.24, 2.45) is 5.73 Å². The fourth-order valence-corrected chi connectivity index (χ4v) is 0.440. The molecule has 3 nitrogen and oxygen atoms in total. The molecule has 1 rings (SSSR count). The van der Waals surface area contributed by atoms with Crippen molar-refractivity contribution in [1.82, 2.24) is 0 Å². The molecule has 13 heavy (non-hydrogen) atoms. The van der Waals surface area contributed by atoms with Gasteiger partial charge in [-0.2, -0.15) is 5.26 Å². The van der Waals surface area contributed by atoms with E-state index in [2.05, 4.69) is 12.3 Å². The van der Waals surface area contributed by atoms with Gasteiger partial charge in [0.2, 0.25) is 0 Å². The zero-order valence-electron chi connectivity index (χ0n) is 7.10. The summed E-state index contributed by atoms with van der Waals surface area (Å²) in [6, 6.07) is 13.5. The molecule has 0 aromatic heterocycles. The van der Waals surface area contributed by atoms with E-state index in [1.807, 2.05) is 36.4 Å². The highest BCUT2D eigenvalue weighted by molar-refractivity contribution is 5.95. The van der Waals surface area contributed by atoms with Crippen LogP contribution in [0.15, 0.2) is 48.6 Å². The van der Waals surface area contributed by atoms with Gasteiger partial charge in [0.05, 0.1) is 0 Å². The first-order valence-corrected chi connectivity index (χ1v) is 3.57. The molecule has 0 saturated carbocycles. The average molecular weight is 174 g/mol. The van der Waals surface area contributed by atoms with Crippen molar-refractivity contribution in [3.8, 4) is 6.07 Å². The lowest BCUT2D eigenvalue weighted by Gasteiger charge is -1.78. The second-order valence-corrected chi connectivity index (χ2v) is 2.11. The Morgan fingerprint density at radius 2 is 1.46 bits per heavy atom. The summed E-state index contributed by atoms with van der Waals surface area (Å²) < 4.78 is 0. The third kappa shape index (κ3) is 6.32. The molecule has 0 radical (unpaired) electrons. The van der Waals surface area contributed by atoms with Crippen molar-refractivity contribution in [2.75, 3.05) is 0 Å². The number of hydrogen-bond donors (Lipinski definition) is 1. The number of nitriles is 1. The summed E-state index contributed by atoms with van der Waals surface area (Å²) in [5.74, 6) is -0.762. The number of nitrogens with zero attached hydrogens (tertiary/aromatic N) is 1. The lowest BCUT2D eigenvalue weighted by atomic mass is 10.3. The van der Waals surface area contributed by atoms with Gasteiger partial charge >= 0.3 is 0 Å². The van der Waals surface area contributed by atoms with Crippen LogP contribution in [-0.4, -0.2) is 5.91 Å². The highest BCUT2D eigenvalue weighted by atomic mass is 16.1. The molecule has 1 aromatic rings. The Bertz CT molecular complexity index is 285. The SMILES string of the molecule is C=C(C#N)C(N)=O.c1ccccc1. The van der Waals surface area contributed by atoms with E-state index in [1.165, 1.54) is 6.07 Å². The molecule has 66 valence electrons. The maximum atomic E-state index is 9.83. The summed E-state index contributed by atoms with van der Waals surface area (Å²) in [6.45, 7) is 3.04. The van der Waals surface area contributed by atoms with E-state index in [4.69, 9.17) is 5.26 Å². The van der Waals surface area contributed by atoms with E-state index in [0.717, 1.165) is 0 Å². The van der Waals surface area contributed by atoms with Crippen LogP contribution in [-0.2, 0) is 4.79 Å². The zero-order chi connectivity index (χ0) is 10.1. The van der Waals surface area contributed by atoms with Crippen molar-refractivity contribution >= 4 is 5.91 Å². The van der Waals surface area contributed by atoms with Gasteiger partial charge in [-0.15, -0.1) is 0 Å². The molecular weight excluding hydrogens is 164 g/mol. The maximum Gasteiger partial charge on any atom is 0.258 e. The van der Waals surface area contributed by atoms with E-state index < -0.39 is 5.91 Å². The molecule has 0 unspecified atom stereocenters. The van der Waals surface area contributed by atoms with Gasteiger partial charge in [-0.25, -0.2) is 0 Å². The number of primary amides is 1. The number of carbonyl (C=O) groups excluding carboxylic acids is 1. The Morgan fingerprint density at radius 3 is 1.54 bits per heavy atom. The number of carbonyl (C=O) groups is 1. The molecule has 0 aliphatic heterocycles. The fourth-order valence-electron chi connectivity index (χ4n) is 0.440. The van der Waals surface area contributed by atoms with Crippen molar-refractivity contribution in [2.45, 2.75) is 0 Å². The Kier molecular flexibility index (Phi) is 5.56. The third-order valence-electron chi connectivity index (χ3n) is 1.10. The van der Waals surface area contributed by atoms with Crippen LogP contribution < -0.4 is 5.73 Å². The number of nitrogens with two attached hydrogens (primary N) is 1. The highest BCUT2D eigenvalue weighted by Gasteiger charge is 1.94. The Morgan fingerprint density at radius 1 is 1.15 bits per heavy atom. The Balaban J connectivity index is 0.000000223. The van der Waals surface area contributed by atoms with Crippen molar-refractivity contribution < 1.29 is 4.79 Å². The first kappa shape index (κ1) is 10.9. The summed E-state index contributed by atoms with van der Waals surface area (Å²) in [5, 5.41) is 7.85. The Labute approximate surface area is 77.1 Å². The van der Waals surface area contributed by atoms with Crippen LogP contribution in [0.5, 0.6) is 0 Å². The zero-order valence-corrected chi connectivity index (χ0v) is 7.10. The van der Waals surface area contributed by atoms with Crippen molar-refractivity contribution in [3.63, 3.8) is 0 Å². The summed E-state index contributed by atoms with van der Waals surface area (Å²) in [5.41, 5.74) is 4.38. The van der Waals surface area contributed by atoms with Crippen LogP contribution in [0.1, 0.15) is 0 Å². The monoisotopic (exact) mass is 174 g/mol. The Hall–Kier alpha value is -2.08. The minimum atomic E-state index is -0.762. The molecule has 1 aromatic carbocycles. The topological polar surface area (TPSA) is 66.9 Å². The van der Waals surface area contributed by atoms with Gasteiger partial charge in [0, 0.05) is 0 Å². The fraction of sp³-hybridized carbons (Fsp3) is 0. The van der Waals surface area contributed by atoms with E-state index in [0.29, 0.717) is 0 Å². The summed E-state index contributed by atoms with van der Waals surface area (Å²) in [6.07, 6.45) is 0. The van der Waals surface area contributed by atoms with Crippen LogP contribution in [0.25, 0.3) is 0 Å². The van der Waals surface area contributed by atoms with E-state index in [9.17, 15) is 4.79 Å². The molecular formula is C10H10N2O. The summed E-state index contributed by atoms with van der Waals surface area (Å²) >= 11 is 0. The quantitative estimate of drug-likeness (QED) is 0.514. The van der Waals surface area contributed by atoms with E-state index in [-0.39, 0.29) is 5.57 Å². The lowest BCUT2D eigenvalue weighted by Crippen LogP contribution is -2.11. The number of benzene rings is 1. The van der Waals surface area contributed by atoms with Gasteiger partial charge in [-0.05, 0) is 0 Å². The second-order valence-electron chi connectivity index (χ2n) is 2.11. The standard InChI is InChI=1S/C6H6.C4H4N2O/c1-2-4-6-5-3-1;1-3(2-5)4(6)7/h1-6H;1H2,(H2,6,7). The molecule has 0 spiro atoms. The maximum absolute atomic E-state index is 9.83. The molecule has 2 N–H and O–H groups in total.